The molecule has 150 valence electrons. The zero-order valence-corrected chi connectivity index (χ0v) is 16.2. The monoisotopic (exact) mass is 416 g/mol. The van der Waals surface area contributed by atoms with Crippen molar-refractivity contribution >= 4 is 27.6 Å². The normalized spacial score (nSPS) is 15.6. The molecule has 0 bridgehead atoms. The van der Waals surface area contributed by atoms with E-state index >= 15 is 0 Å². The van der Waals surface area contributed by atoms with Crippen molar-refractivity contribution in [3.05, 3.63) is 77.9 Å². The molecular formula is C21H19F3N4S. The van der Waals surface area contributed by atoms with Crippen LogP contribution in [0.15, 0.2) is 61.1 Å². The fourth-order valence-electron chi connectivity index (χ4n) is 3.24. The van der Waals surface area contributed by atoms with Gasteiger partial charge in [0.2, 0.25) is 0 Å². The molecule has 0 unspecified atom stereocenters. The molecule has 0 aliphatic carbocycles. The van der Waals surface area contributed by atoms with Gasteiger partial charge in [-0.15, -0.1) is 11.8 Å². The largest absolute Gasteiger partial charge is 0.416 e. The van der Waals surface area contributed by atoms with Gasteiger partial charge in [0.15, 0.2) is 0 Å². The number of fused-ring (bicyclic) bond motifs is 1. The van der Waals surface area contributed by atoms with Crippen molar-refractivity contribution in [2.24, 2.45) is 5.73 Å². The van der Waals surface area contributed by atoms with Crippen LogP contribution in [-0.2, 0) is 12.6 Å². The third kappa shape index (κ3) is 4.71. The molecule has 3 heterocycles. The highest BCUT2D eigenvalue weighted by Gasteiger charge is 2.30. The van der Waals surface area contributed by atoms with E-state index in [0.717, 1.165) is 45.1 Å². The number of thioether (sulfide) groups is 1. The van der Waals surface area contributed by atoms with Crippen molar-refractivity contribution < 1.29 is 13.2 Å². The number of rotatable bonds is 5. The van der Waals surface area contributed by atoms with Crippen molar-refractivity contribution in [1.29, 1.82) is 0 Å². The van der Waals surface area contributed by atoms with Crippen molar-refractivity contribution in [3.63, 3.8) is 0 Å². The molecule has 1 aromatic carbocycles. The van der Waals surface area contributed by atoms with E-state index in [9.17, 15) is 13.2 Å². The SMILES string of the molecule is N[C@@H](Cc1ccc(C(F)(F)F)cc1)CN1C=C(c2ccc3cnccc3n2)SC1. The van der Waals surface area contributed by atoms with Gasteiger partial charge in [-0.05, 0) is 42.3 Å². The zero-order chi connectivity index (χ0) is 20.4. The summed E-state index contributed by atoms with van der Waals surface area (Å²) < 4.78 is 38.0. The smallest absolute Gasteiger partial charge is 0.365 e. The van der Waals surface area contributed by atoms with Gasteiger partial charge in [-0.2, -0.15) is 13.2 Å². The summed E-state index contributed by atoms with van der Waals surface area (Å²) in [6, 6.07) is 10.9. The Morgan fingerprint density at radius 2 is 1.90 bits per heavy atom. The molecule has 0 fully saturated rings. The number of alkyl halides is 3. The Balaban J connectivity index is 1.39. The minimum absolute atomic E-state index is 0.182. The van der Waals surface area contributed by atoms with Crippen LogP contribution >= 0.6 is 11.8 Å². The van der Waals surface area contributed by atoms with Crippen LogP contribution in [0.2, 0.25) is 0 Å². The van der Waals surface area contributed by atoms with Crippen LogP contribution in [0.4, 0.5) is 13.2 Å². The molecule has 0 amide bonds. The van der Waals surface area contributed by atoms with Gasteiger partial charge in [-0.1, -0.05) is 12.1 Å². The summed E-state index contributed by atoms with van der Waals surface area (Å²) in [5, 5.41) is 0.996. The lowest BCUT2D eigenvalue weighted by Crippen LogP contribution is -2.35. The van der Waals surface area contributed by atoms with Gasteiger partial charge < -0.3 is 10.6 Å². The number of hydrogen-bond acceptors (Lipinski definition) is 5. The average molecular weight is 416 g/mol. The molecule has 0 spiro atoms. The van der Waals surface area contributed by atoms with Crippen LogP contribution in [0.5, 0.6) is 0 Å². The Kier molecular flexibility index (Phi) is 5.47. The molecule has 0 saturated heterocycles. The van der Waals surface area contributed by atoms with Crippen LogP contribution in [0.1, 0.15) is 16.8 Å². The Labute approximate surface area is 170 Å². The lowest BCUT2D eigenvalue weighted by molar-refractivity contribution is -0.137. The van der Waals surface area contributed by atoms with E-state index in [1.54, 1.807) is 24.2 Å². The first-order chi connectivity index (χ1) is 13.9. The fraction of sp³-hybridized carbons (Fsp3) is 0.238. The first kappa shape index (κ1) is 19.7. The quantitative estimate of drug-likeness (QED) is 0.663. The average Bonchev–Trinajstić information content (AvgIpc) is 3.15. The second-order valence-electron chi connectivity index (χ2n) is 6.96. The number of benzene rings is 1. The number of nitrogens with two attached hydrogens (primary N) is 1. The van der Waals surface area contributed by atoms with Crippen molar-refractivity contribution in [2.75, 3.05) is 12.4 Å². The first-order valence-corrected chi connectivity index (χ1v) is 10.1. The second-order valence-corrected chi connectivity index (χ2v) is 7.95. The van der Waals surface area contributed by atoms with E-state index in [1.807, 2.05) is 24.4 Å². The third-order valence-electron chi connectivity index (χ3n) is 4.68. The maximum Gasteiger partial charge on any atom is 0.416 e. The minimum Gasteiger partial charge on any atom is -0.365 e. The summed E-state index contributed by atoms with van der Waals surface area (Å²) in [5.41, 5.74) is 8.21. The minimum atomic E-state index is -4.32. The Bertz CT molecular complexity index is 1030. The Morgan fingerprint density at radius 1 is 1.10 bits per heavy atom. The summed E-state index contributed by atoms with van der Waals surface area (Å²) >= 11 is 1.69. The van der Waals surface area contributed by atoms with E-state index in [-0.39, 0.29) is 6.04 Å². The molecule has 29 heavy (non-hydrogen) atoms. The van der Waals surface area contributed by atoms with Gasteiger partial charge in [-0.3, -0.25) is 4.98 Å². The van der Waals surface area contributed by atoms with Gasteiger partial charge in [0.1, 0.15) is 0 Å². The van der Waals surface area contributed by atoms with Gasteiger partial charge in [0, 0.05) is 36.6 Å². The molecule has 2 aromatic heterocycles. The van der Waals surface area contributed by atoms with Gasteiger partial charge in [0.05, 0.1) is 27.6 Å². The second kappa shape index (κ2) is 8.04. The molecule has 2 N–H and O–H groups in total. The molecular weight excluding hydrogens is 397 g/mol. The number of halogens is 3. The lowest BCUT2D eigenvalue weighted by Gasteiger charge is -2.20. The van der Waals surface area contributed by atoms with Crippen LogP contribution in [-0.4, -0.2) is 33.3 Å². The summed E-state index contributed by atoms with van der Waals surface area (Å²) in [7, 11) is 0. The summed E-state index contributed by atoms with van der Waals surface area (Å²) in [6.07, 6.45) is 1.76. The highest BCUT2D eigenvalue weighted by atomic mass is 32.2. The third-order valence-corrected chi connectivity index (χ3v) is 5.76. The van der Waals surface area contributed by atoms with Crippen molar-refractivity contribution in [1.82, 2.24) is 14.9 Å². The molecule has 0 radical (unpaired) electrons. The molecule has 4 nitrogen and oxygen atoms in total. The van der Waals surface area contributed by atoms with E-state index in [2.05, 4.69) is 14.9 Å². The number of hydrogen-bond donors (Lipinski definition) is 1. The number of pyridine rings is 2. The van der Waals surface area contributed by atoms with Crippen LogP contribution in [0, 0.1) is 0 Å². The van der Waals surface area contributed by atoms with E-state index in [0.29, 0.717) is 13.0 Å². The van der Waals surface area contributed by atoms with Gasteiger partial charge in [-0.25, -0.2) is 4.98 Å². The molecule has 1 atom stereocenters. The maximum absolute atomic E-state index is 12.7. The predicted molar refractivity (Wildman–Crippen MR) is 110 cm³/mol. The standard InChI is InChI=1S/C21H19F3N4S/c22-21(23,24)16-4-1-14(2-5-16)9-17(25)11-28-12-20(29-13-28)19-6-3-15-10-26-8-7-18(15)27-19/h1-8,10,12,17H,9,11,13,25H2/t17-/m0/s1. The predicted octanol–water partition coefficient (Wildman–Crippen LogP) is 4.52. The Hall–Kier alpha value is -2.58. The van der Waals surface area contributed by atoms with E-state index in [1.165, 1.54) is 12.1 Å². The van der Waals surface area contributed by atoms with Gasteiger partial charge >= 0.3 is 6.18 Å². The van der Waals surface area contributed by atoms with Crippen LogP contribution in [0.25, 0.3) is 15.8 Å². The molecule has 1 aliphatic heterocycles. The van der Waals surface area contributed by atoms with E-state index < -0.39 is 11.7 Å². The molecule has 3 aromatic rings. The molecule has 1 aliphatic rings. The highest BCUT2D eigenvalue weighted by Crippen LogP contribution is 2.34. The molecule has 4 rings (SSSR count). The van der Waals surface area contributed by atoms with Crippen LogP contribution < -0.4 is 5.73 Å². The van der Waals surface area contributed by atoms with E-state index in [4.69, 9.17) is 5.73 Å². The lowest BCUT2D eigenvalue weighted by atomic mass is 10.0. The van der Waals surface area contributed by atoms with Crippen molar-refractivity contribution in [3.8, 4) is 0 Å². The van der Waals surface area contributed by atoms with Crippen molar-refractivity contribution in [2.45, 2.75) is 18.6 Å². The van der Waals surface area contributed by atoms with Crippen LogP contribution in [0.3, 0.4) is 0 Å². The summed E-state index contributed by atoms with van der Waals surface area (Å²) in [5.74, 6) is 0.770. The first-order valence-electron chi connectivity index (χ1n) is 9.10. The summed E-state index contributed by atoms with van der Waals surface area (Å²) in [6.45, 7) is 0.620. The molecule has 8 heteroatoms. The molecule has 0 saturated carbocycles. The zero-order valence-electron chi connectivity index (χ0n) is 15.4. The Morgan fingerprint density at radius 3 is 2.66 bits per heavy atom. The number of aromatic nitrogens is 2. The van der Waals surface area contributed by atoms with Gasteiger partial charge in [0.25, 0.3) is 0 Å². The number of nitrogens with zero attached hydrogens (tertiary/aromatic N) is 3. The maximum atomic E-state index is 12.7. The topological polar surface area (TPSA) is 55.0 Å². The fourth-order valence-corrected chi connectivity index (χ4v) is 4.21. The highest BCUT2D eigenvalue weighted by molar-refractivity contribution is 8.08. The summed E-state index contributed by atoms with van der Waals surface area (Å²) in [4.78, 5) is 12.0.